The van der Waals surface area contributed by atoms with Crippen molar-refractivity contribution in [3.63, 3.8) is 0 Å². The number of carbonyl (C=O) groups excluding carboxylic acids is 2. The number of rotatable bonds is 3. The Bertz CT molecular complexity index is 662. The Morgan fingerprint density at radius 3 is 2.80 bits per heavy atom. The second kappa shape index (κ2) is 8.50. The standard InChI is InChI=1S/C19H25N3O2.ClH/c1-13-17(8-5-10-20-13)21-19(24)12-18-16-7-4-3-6-15(16)9-11-22(18)14(2)23;/h3-4,6-7,9,11,13,17-18,20H,5,8,10,12H2,1-2H3,(H,21,24);1H. The summed E-state index contributed by atoms with van der Waals surface area (Å²) in [6.07, 6.45) is 6.07. The summed E-state index contributed by atoms with van der Waals surface area (Å²) >= 11 is 0. The Morgan fingerprint density at radius 1 is 1.32 bits per heavy atom. The minimum Gasteiger partial charge on any atom is -0.352 e. The van der Waals surface area contributed by atoms with Crippen molar-refractivity contribution in [2.24, 2.45) is 0 Å². The smallest absolute Gasteiger partial charge is 0.223 e. The van der Waals surface area contributed by atoms with Crippen molar-refractivity contribution in [1.82, 2.24) is 15.5 Å². The maximum atomic E-state index is 12.6. The third-order valence-electron chi connectivity index (χ3n) is 4.96. The Kier molecular flexibility index (Phi) is 6.62. The second-order valence-corrected chi connectivity index (χ2v) is 6.65. The largest absolute Gasteiger partial charge is 0.352 e. The van der Waals surface area contributed by atoms with E-state index in [1.54, 1.807) is 11.1 Å². The number of amides is 2. The van der Waals surface area contributed by atoms with Gasteiger partial charge in [-0.05, 0) is 43.5 Å². The highest BCUT2D eigenvalue weighted by Gasteiger charge is 2.30. The van der Waals surface area contributed by atoms with Crippen LogP contribution in [-0.4, -0.2) is 35.3 Å². The maximum absolute atomic E-state index is 12.6. The maximum Gasteiger partial charge on any atom is 0.223 e. The first-order valence-corrected chi connectivity index (χ1v) is 8.65. The summed E-state index contributed by atoms with van der Waals surface area (Å²) in [6.45, 7) is 4.65. The number of piperidine rings is 1. The number of hydrogen-bond donors (Lipinski definition) is 2. The van der Waals surface area contributed by atoms with Crippen LogP contribution in [0.2, 0.25) is 0 Å². The summed E-state index contributed by atoms with van der Waals surface area (Å²) < 4.78 is 0. The van der Waals surface area contributed by atoms with Gasteiger partial charge in [0.25, 0.3) is 0 Å². The fraction of sp³-hybridized carbons (Fsp3) is 0.474. The monoisotopic (exact) mass is 363 g/mol. The van der Waals surface area contributed by atoms with Crippen LogP contribution in [0.4, 0.5) is 0 Å². The normalized spacial score (nSPS) is 24.9. The molecule has 2 amide bonds. The molecule has 3 atom stereocenters. The first kappa shape index (κ1) is 19.5. The lowest BCUT2D eigenvalue weighted by atomic mass is 9.93. The molecule has 1 aromatic carbocycles. The van der Waals surface area contributed by atoms with E-state index in [4.69, 9.17) is 0 Å². The third-order valence-corrected chi connectivity index (χ3v) is 4.96. The molecule has 5 nitrogen and oxygen atoms in total. The summed E-state index contributed by atoms with van der Waals surface area (Å²) in [5, 5.41) is 6.54. The van der Waals surface area contributed by atoms with Gasteiger partial charge in [0.05, 0.1) is 12.5 Å². The molecule has 25 heavy (non-hydrogen) atoms. The number of fused-ring (bicyclic) bond motifs is 1. The van der Waals surface area contributed by atoms with Crippen LogP contribution in [0, 0.1) is 0 Å². The van der Waals surface area contributed by atoms with E-state index in [0.717, 1.165) is 30.5 Å². The average molecular weight is 364 g/mol. The number of carbonyl (C=O) groups is 2. The molecule has 0 bridgehead atoms. The molecule has 1 aromatic rings. The predicted octanol–water partition coefficient (Wildman–Crippen LogP) is 2.63. The highest BCUT2D eigenvalue weighted by atomic mass is 35.5. The Labute approximate surface area is 155 Å². The van der Waals surface area contributed by atoms with Gasteiger partial charge in [0.1, 0.15) is 0 Å². The van der Waals surface area contributed by atoms with E-state index in [2.05, 4.69) is 17.6 Å². The summed E-state index contributed by atoms with van der Waals surface area (Å²) in [7, 11) is 0. The van der Waals surface area contributed by atoms with Crippen molar-refractivity contribution in [2.45, 2.75) is 51.2 Å². The number of nitrogens with one attached hydrogen (secondary N) is 2. The number of halogens is 1. The predicted molar refractivity (Wildman–Crippen MR) is 101 cm³/mol. The van der Waals surface area contributed by atoms with Gasteiger partial charge in [-0.1, -0.05) is 24.3 Å². The molecule has 0 aromatic heterocycles. The van der Waals surface area contributed by atoms with Gasteiger partial charge >= 0.3 is 0 Å². The zero-order valence-electron chi connectivity index (χ0n) is 14.7. The van der Waals surface area contributed by atoms with Crippen molar-refractivity contribution < 1.29 is 9.59 Å². The van der Waals surface area contributed by atoms with Crippen molar-refractivity contribution in [3.8, 4) is 0 Å². The molecule has 0 saturated carbocycles. The molecule has 2 N–H and O–H groups in total. The lowest BCUT2D eigenvalue weighted by Crippen LogP contribution is -2.52. The Morgan fingerprint density at radius 2 is 2.08 bits per heavy atom. The molecule has 0 radical (unpaired) electrons. The summed E-state index contributed by atoms with van der Waals surface area (Å²) in [5.74, 6) is -0.0526. The quantitative estimate of drug-likeness (QED) is 0.867. The third kappa shape index (κ3) is 4.41. The molecule has 136 valence electrons. The van der Waals surface area contributed by atoms with E-state index < -0.39 is 0 Å². The minimum atomic E-state index is -0.240. The highest BCUT2D eigenvalue weighted by Crippen LogP contribution is 2.32. The molecule has 1 saturated heterocycles. The molecule has 2 aliphatic rings. The molecule has 2 aliphatic heterocycles. The Balaban J connectivity index is 0.00000225. The summed E-state index contributed by atoms with van der Waals surface area (Å²) in [4.78, 5) is 26.2. The van der Waals surface area contributed by atoms with E-state index in [0.29, 0.717) is 0 Å². The van der Waals surface area contributed by atoms with Crippen LogP contribution >= 0.6 is 12.4 Å². The van der Waals surface area contributed by atoms with E-state index in [-0.39, 0.29) is 48.8 Å². The van der Waals surface area contributed by atoms with Gasteiger partial charge in [0, 0.05) is 25.2 Å². The summed E-state index contributed by atoms with van der Waals surface area (Å²) in [5.41, 5.74) is 2.10. The van der Waals surface area contributed by atoms with Gasteiger partial charge in [-0.2, -0.15) is 0 Å². The van der Waals surface area contributed by atoms with Crippen LogP contribution in [0.15, 0.2) is 30.5 Å². The van der Waals surface area contributed by atoms with Crippen molar-refractivity contribution in [3.05, 3.63) is 41.6 Å². The van der Waals surface area contributed by atoms with Crippen LogP contribution in [-0.2, 0) is 9.59 Å². The molecule has 2 heterocycles. The molecule has 3 unspecified atom stereocenters. The van der Waals surface area contributed by atoms with Gasteiger partial charge in [0.2, 0.25) is 11.8 Å². The Hall–Kier alpha value is -1.85. The lowest BCUT2D eigenvalue weighted by molar-refractivity contribution is -0.130. The average Bonchev–Trinajstić information content (AvgIpc) is 2.57. The van der Waals surface area contributed by atoms with Crippen molar-refractivity contribution >= 4 is 30.3 Å². The molecule has 3 rings (SSSR count). The highest BCUT2D eigenvalue weighted by molar-refractivity contribution is 5.85. The van der Waals surface area contributed by atoms with Crippen LogP contribution in [0.5, 0.6) is 0 Å². The summed E-state index contributed by atoms with van der Waals surface area (Å²) in [6, 6.07) is 8.14. The van der Waals surface area contributed by atoms with Gasteiger partial charge in [-0.25, -0.2) is 0 Å². The molecule has 6 heteroatoms. The zero-order chi connectivity index (χ0) is 17.1. The molecular weight excluding hydrogens is 338 g/mol. The molecule has 0 aliphatic carbocycles. The topological polar surface area (TPSA) is 61.4 Å². The van der Waals surface area contributed by atoms with E-state index in [9.17, 15) is 9.59 Å². The van der Waals surface area contributed by atoms with Crippen LogP contribution < -0.4 is 10.6 Å². The van der Waals surface area contributed by atoms with E-state index in [1.807, 2.05) is 30.3 Å². The van der Waals surface area contributed by atoms with Gasteiger partial charge < -0.3 is 15.5 Å². The first-order valence-electron chi connectivity index (χ1n) is 8.65. The van der Waals surface area contributed by atoms with Crippen LogP contribution in [0.25, 0.3) is 6.08 Å². The molecular formula is C19H26ClN3O2. The fourth-order valence-corrected chi connectivity index (χ4v) is 3.60. The number of benzene rings is 1. The zero-order valence-corrected chi connectivity index (χ0v) is 15.5. The van der Waals surface area contributed by atoms with Crippen LogP contribution in [0.3, 0.4) is 0 Å². The SMILES string of the molecule is CC(=O)N1C=Cc2ccccc2C1CC(=O)NC1CCCNC1C.Cl. The van der Waals surface area contributed by atoms with E-state index in [1.165, 1.54) is 6.92 Å². The fourth-order valence-electron chi connectivity index (χ4n) is 3.60. The molecule has 0 spiro atoms. The minimum absolute atomic E-state index is 0. The van der Waals surface area contributed by atoms with Gasteiger partial charge in [-0.15, -0.1) is 12.4 Å². The van der Waals surface area contributed by atoms with Gasteiger partial charge in [0.15, 0.2) is 0 Å². The second-order valence-electron chi connectivity index (χ2n) is 6.65. The molecule has 1 fully saturated rings. The van der Waals surface area contributed by atoms with Crippen LogP contribution in [0.1, 0.15) is 50.3 Å². The number of hydrogen-bond acceptors (Lipinski definition) is 3. The van der Waals surface area contributed by atoms with Gasteiger partial charge in [-0.3, -0.25) is 9.59 Å². The van der Waals surface area contributed by atoms with Crippen molar-refractivity contribution in [1.29, 1.82) is 0 Å². The first-order chi connectivity index (χ1) is 11.6. The number of nitrogens with zero attached hydrogens (tertiary/aromatic N) is 1. The van der Waals surface area contributed by atoms with E-state index >= 15 is 0 Å². The van der Waals surface area contributed by atoms with Crippen molar-refractivity contribution in [2.75, 3.05) is 6.54 Å². The lowest BCUT2D eigenvalue weighted by Gasteiger charge is -2.34.